The number of rotatable bonds is 10. The van der Waals surface area contributed by atoms with Crippen LogP contribution in [-0.4, -0.2) is 47.5 Å². The Labute approximate surface area is 181 Å². The van der Waals surface area contributed by atoms with E-state index < -0.39 is 6.61 Å². The Morgan fingerprint density at radius 3 is 2.26 bits per heavy atom. The first-order chi connectivity index (χ1) is 14.9. The third-order valence-electron chi connectivity index (χ3n) is 4.57. The number of guanidine groups is 1. The van der Waals surface area contributed by atoms with Crippen LogP contribution in [0.1, 0.15) is 16.7 Å². The summed E-state index contributed by atoms with van der Waals surface area (Å²) in [7, 11) is 6.35. The fraction of sp³-hybridized carbons (Fsp3) is 0.409. The standard InChI is InChI=1S/C22H29F2N3O4/c1-14-6-8-17(31-21(23)24)16(12-14)13-27-22(25-2)26-11-10-15-7-9-18(28-3)20(30-5)19(15)29-4/h6-9,12,21H,10-11,13H2,1-5H3,(H2,25,26,27). The van der Waals surface area contributed by atoms with Gasteiger partial charge in [0.2, 0.25) is 5.75 Å². The lowest BCUT2D eigenvalue weighted by Crippen LogP contribution is -2.38. The highest BCUT2D eigenvalue weighted by atomic mass is 19.3. The summed E-state index contributed by atoms with van der Waals surface area (Å²) in [6.07, 6.45) is 0.633. The van der Waals surface area contributed by atoms with Crippen LogP contribution in [0, 0.1) is 6.92 Å². The van der Waals surface area contributed by atoms with Gasteiger partial charge in [-0.05, 0) is 25.5 Å². The Bertz CT molecular complexity index is 891. The van der Waals surface area contributed by atoms with Crippen LogP contribution in [0.25, 0.3) is 0 Å². The van der Waals surface area contributed by atoms with Gasteiger partial charge in [-0.25, -0.2) is 0 Å². The van der Waals surface area contributed by atoms with E-state index in [-0.39, 0.29) is 12.3 Å². The minimum atomic E-state index is -2.88. The van der Waals surface area contributed by atoms with Gasteiger partial charge in [0.05, 0.1) is 21.3 Å². The molecule has 0 aromatic heterocycles. The number of alkyl halides is 2. The maximum atomic E-state index is 12.7. The number of benzene rings is 2. The summed E-state index contributed by atoms with van der Waals surface area (Å²) in [5.41, 5.74) is 2.50. The van der Waals surface area contributed by atoms with Gasteiger partial charge in [-0.15, -0.1) is 0 Å². The van der Waals surface area contributed by atoms with Gasteiger partial charge >= 0.3 is 6.61 Å². The number of nitrogens with zero attached hydrogens (tertiary/aromatic N) is 1. The fourth-order valence-electron chi connectivity index (χ4n) is 3.13. The van der Waals surface area contributed by atoms with Gasteiger partial charge in [0.25, 0.3) is 0 Å². The van der Waals surface area contributed by atoms with Crippen LogP contribution < -0.4 is 29.6 Å². The Hall–Kier alpha value is -3.23. The van der Waals surface area contributed by atoms with Gasteiger partial charge in [-0.2, -0.15) is 8.78 Å². The number of methoxy groups -OCH3 is 3. The second kappa shape index (κ2) is 11.8. The van der Waals surface area contributed by atoms with Gasteiger partial charge < -0.3 is 29.6 Å². The van der Waals surface area contributed by atoms with Gasteiger partial charge in [0.1, 0.15) is 5.75 Å². The molecule has 31 heavy (non-hydrogen) atoms. The predicted octanol–water partition coefficient (Wildman–Crippen LogP) is 3.53. The van der Waals surface area contributed by atoms with Crippen molar-refractivity contribution in [1.29, 1.82) is 0 Å². The molecule has 0 saturated carbocycles. The molecule has 170 valence electrons. The van der Waals surface area contributed by atoms with Gasteiger partial charge in [-0.1, -0.05) is 23.8 Å². The van der Waals surface area contributed by atoms with E-state index in [1.165, 1.54) is 6.07 Å². The Kier molecular flexibility index (Phi) is 9.17. The van der Waals surface area contributed by atoms with Crippen molar-refractivity contribution in [2.45, 2.75) is 26.5 Å². The summed E-state index contributed by atoms with van der Waals surface area (Å²) in [6, 6.07) is 8.81. The minimum Gasteiger partial charge on any atom is -0.493 e. The van der Waals surface area contributed by atoms with E-state index in [1.807, 2.05) is 19.1 Å². The minimum absolute atomic E-state index is 0.138. The largest absolute Gasteiger partial charge is 0.493 e. The molecule has 2 aromatic rings. The zero-order valence-corrected chi connectivity index (χ0v) is 18.4. The molecule has 0 aliphatic rings. The highest BCUT2D eigenvalue weighted by Gasteiger charge is 2.16. The van der Waals surface area contributed by atoms with Crippen LogP contribution >= 0.6 is 0 Å². The Balaban J connectivity index is 2.00. The summed E-state index contributed by atoms with van der Waals surface area (Å²) in [6.45, 7) is -0.155. The normalized spacial score (nSPS) is 11.3. The summed E-state index contributed by atoms with van der Waals surface area (Å²) < 4.78 is 46.1. The van der Waals surface area contributed by atoms with Crippen LogP contribution in [-0.2, 0) is 13.0 Å². The fourth-order valence-corrected chi connectivity index (χ4v) is 3.13. The molecule has 9 heteroatoms. The Morgan fingerprint density at radius 2 is 1.65 bits per heavy atom. The van der Waals surface area contributed by atoms with Crippen molar-refractivity contribution >= 4 is 5.96 Å². The molecule has 0 amide bonds. The molecule has 0 radical (unpaired) electrons. The van der Waals surface area contributed by atoms with Crippen molar-refractivity contribution in [3.05, 3.63) is 47.0 Å². The number of hydrogen-bond donors (Lipinski definition) is 2. The molecule has 2 rings (SSSR count). The zero-order chi connectivity index (χ0) is 22.8. The van der Waals surface area contributed by atoms with Crippen LogP contribution in [0.3, 0.4) is 0 Å². The molecule has 0 bridgehead atoms. The molecule has 0 saturated heterocycles. The van der Waals surface area contributed by atoms with E-state index in [0.717, 1.165) is 11.1 Å². The molecule has 0 atom stereocenters. The van der Waals surface area contributed by atoms with Crippen molar-refractivity contribution in [3.8, 4) is 23.0 Å². The summed E-state index contributed by atoms with van der Waals surface area (Å²) in [4.78, 5) is 4.18. The molecule has 0 aliphatic carbocycles. The molecule has 2 aromatic carbocycles. The first-order valence-electron chi connectivity index (χ1n) is 9.70. The molecular formula is C22H29F2N3O4. The summed E-state index contributed by atoms with van der Waals surface area (Å²) in [5, 5.41) is 6.32. The van der Waals surface area contributed by atoms with Gasteiger partial charge in [0, 0.05) is 31.3 Å². The quantitative estimate of drug-likeness (QED) is 0.438. The topological polar surface area (TPSA) is 73.3 Å². The predicted molar refractivity (Wildman–Crippen MR) is 116 cm³/mol. The van der Waals surface area contributed by atoms with Crippen LogP contribution in [0.4, 0.5) is 8.78 Å². The second-order valence-electron chi connectivity index (χ2n) is 6.59. The number of hydrogen-bond acceptors (Lipinski definition) is 5. The smallest absolute Gasteiger partial charge is 0.387 e. The summed E-state index contributed by atoms with van der Waals surface area (Å²) in [5.74, 6) is 2.41. The number of aryl methyl sites for hydroxylation is 1. The molecule has 0 spiro atoms. The van der Waals surface area contributed by atoms with E-state index in [9.17, 15) is 8.78 Å². The van der Waals surface area contributed by atoms with Crippen molar-refractivity contribution in [1.82, 2.24) is 10.6 Å². The lowest BCUT2D eigenvalue weighted by Gasteiger charge is -2.17. The number of aliphatic imine (C=N–C) groups is 1. The van der Waals surface area contributed by atoms with Crippen LogP contribution in [0.15, 0.2) is 35.3 Å². The molecular weight excluding hydrogens is 408 g/mol. The molecule has 0 heterocycles. The molecule has 2 N–H and O–H groups in total. The van der Waals surface area contributed by atoms with E-state index >= 15 is 0 Å². The molecule has 0 unspecified atom stereocenters. The van der Waals surface area contributed by atoms with Crippen LogP contribution in [0.5, 0.6) is 23.0 Å². The van der Waals surface area contributed by atoms with E-state index in [0.29, 0.717) is 41.7 Å². The highest BCUT2D eigenvalue weighted by molar-refractivity contribution is 5.79. The lowest BCUT2D eigenvalue weighted by atomic mass is 10.1. The average Bonchev–Trinajstić information content (AvgIpc) is 2.76. The number of ether oxygens (including phenoxy) is 4. The monoisotopic (exact) mass is 437 g/mol. The lowest BCUT2D eigenvalue weighted by molar-refractivity contribution is -0.0504. The Morgan fingerprint density at radius 1 is 0.935 bits per heavy atom. The number of nitrogens with one attached hydrogen (secondary N) is 2. The first kappa shape index (κ1) is 24.0. The zero-order valence-electron chi connectivity index (χ0n) is 18.4. The SMILES string of the molecule is CN=C(NCCc1ccc(OC)c(OC)c1OC)NCc1cc(C)ccc1OC(F)F. The van der Waals surface area contributed by atoms with Crippen LogP contribution in [0.2, 0.25) is 0 Å². The summed E-state index contributed by atoms with van der Waals surface area (Å²) >= 11 is 0. The highest BCUT2D eigenvalue weighted by Crippen LogP contribution is 2.39. The van der Waals surface area contributed by atoms with Crippen molar-refractivity contribution in [3.63, 3.8) is 0 Å². The van der Waals surface area contributed by atoms with Gasteiger partial charge in [-0.3, -0.25) is 4.99 Å². The van der Waals surface area contributed by atoms with Crippen molar-refractivity contribution < 1.29 is 27.7 Å². The second-order valence-corrected chi connectivity index (χ2v) is 6.59. The maximum Gasteiger partial charge on any atom is 0.387 e. The van der Waals surface area contributed by atoms with Crippen molar-refractivity contribution in [2.75, 3.05) is 34.9 Å². The van der Waals surface area contributed by atoms with Gasteiger partial charge in [0.15, 0.2) is 17.5 Å². The van der Waals surface area contributed by atoms with E-state index in [2.05, 4.69) is 20.4 Å². The first-order valence-corrected chi connectivity index (χ1v) is 9.70. The third kappa shape index (κ3) is 6.63. The molecule has 0 fully saturated rings. The molecule has 7 nitrogen and oxygen atoms in total. The molecule has 0 aliphatic heterocycles. The third-order valence-corrected chi connectivity index (χ3v) is 4.57. The maximum absolute atomic E-state index is 12.7. The van der Waals surface area contributed by atoms with E-state index in [1.54, 1.807) is 40.5 Å². The van der Waals surface area contributed by atoms with E-state index in [4.69, 9.17) is 14.2 Å². The average molecular weight is 437 g/mol. The number of halogens is 2. The van der Waals surface area contributed by atoms with Crippen molar-refractivity contribution in [2.24, 2.45) is 4.99 Å².